The zero-order valence-electron chi connectivity index (χ0n) is 11.9. The number of nitrogens with one attached hydrogen (secondary N) is 2. The monoisotopic (exact) mass is 282 g/mol. The van der Waals surface area contributed by atoms with Gasteiger partial charge in [-0.25, -0.2) is 4.79 Å². The number of amides is 3. The van der Waals surface area contributed by atoms with Gasteiger partial charge in [-0.3, -0.25) is 10.1 Å². The lowest BCUT2D eigenvalue weighted by atomic mass is 10.1. The summed E-state index contributed by atoms with van der Waals surface area (Å²) >= 11 is 0. The molecule has 2 aromatic carbocycles. The summed E-state index contributed by atoms with van der Waals surface area (Å²) in [6.07, 6.45) is 0.729. The lowest BCUT2D eigenvalue weighted by Crippen LogP contribution is -2.40. The maximum Gasteiger partial charge on any atom is 0.321 e. The van der Waals surface area contributed by atoms with Crippen LogP contribution in [0.25, 0.3) is 0 Å². The van der Waals surface area contributed by atoms with Gasteiger partial charge in [-0.1, -0.05) is 48.5 Å². The van der Waals surface area contributed by atoms with E-state index < -0.39 is 6.03 Å². The minimum Gasteiger partial charge on any atom is -0.337 e. The van der Waals surface area contributed by atoms with Crippen LogP contribution in [0.5, 0.6) is 0 Å². The molecule has 2 N–H and O–H groups in total. The normalized spacial score (nSPS) is 9.95. The first kappa shape index (κ1) is 14.8. The fourth-order valence-corrected chi connectivity index (χ4v) is 2.01. The first-order chi connectivity index (χ1) is 10.2. The van der Waals surface area contributed by atoms with E-state index >= 15 is 0 Å². The fourth-order valence-electron chi connectivity index (χ4n) is 2.01. The Labute approximate surface area is 124 Å². The van der Waals surface area contributed by atoms with Crippen LogP contribution in [0, 0.1) is 6.92 Å². The molecule has 3 amide bonds. The van der Waals surface area contributed by atoms with E-state index in [1.54, 1.807) is 12.1 Å². The Morgan fingerprint density at radius 1 is 0.952 bits per heavy atom. The fraction of sp³-hybridized carbons (Fsp3) is 0.176. The highest BCUT2D eigenvalue weighted by molar-refractivity contribution is 6.04. The standard InChI is InChI=1S/C17H18N2O2/c1-13-7-5-6-10-15(13)16(20)19-17(21)18-12-11-14-8-3-2-4-9-14/h2-10H,11-12H2,1H3,(H2,18,19,20,21). The van der Waals surface area contributed by atoms with Crippen molar-refractivity contribution in [2.45, 2.75) is 13.3 Å². The Hall–Kier alpha value is -2.62. The number of carbonyl (C=O) groups excluding carboxylic acids is 2. The molecular weight excluding hydrogens is 264 g/mol. The first-order valence-electron chi connectivity index (χ1n) is 6.85. The van der Waals surface area contributed by atoms with Crippen molar-refractivity contribution < 1.29 is 9.59 Å². The molecular formula is C17H18N2O2. The summed E-state index contributed by atoms with van der Waals surface area (Å²) in [5.74, 6) is -0.384. The van der Waals surface area contributed by atoms with Gasteiger partial charge >= 0.3 is 6.03 Å². The number of aryl methyl sites for hydroxylation is 1. The third-order valence-corrected chi connectivity index (χ3v) is 3.16. The Bertz CT molecular complexity index is 624. The molecule has 0 aliphatic carbocycles. The summed E-state index contributed by atoms with van der Waals surface area (Å²) in [4.78, 5) is 23.6. The topological polar surface area (TPSA) is 58.2 Å². The molecule has 0 radical (unpaired) electrons. The van der Waals surface area contributed by atoms with Crippen LogP contribution in [-0.2, 0) is 6.42 Å². The summed E-state index contributed by atoms with van der Waals surface area (Å²) in [5.41, 5.74) is 2.49. The molecule has 0 saturated carbocycles. The summed E-state index contributed by atoms with van der Waals surface area (Å²) in [6.45, 7) is 2.32. The maximum absolute atomic E-state index is 11.9. The van der Waals surface area contributed by atoms with Crippen LogP contribution >= 0.6 is 0 Å². The Morgan fingerprint density at radius 2 is 1.62 bits per heavy atom. The summed E-state index contributed by atoms with van der Waals surface area (Å²) in [6, 6.07) is 16.5. The van der Waals surface area contributed by atoms with Crippen molar-refractivity contribution in [2.24, 2.45) is 0 Å². The average Bonchev–Trinajstić information content (AvgIpc) is 2.48. The largest absolute Gasteiger partial charge is 0.337 e. The second kappa shape index (κ2) is 7.24. The Kier molecular flexibility index (Phi) is 5.10. The number of rotatable bonds is 4. The van der Waals surface area contributed by atoms with Gasteiger partial charge in [0.2, 0.25) is 0 Å². The third-order valence-electron chi connectivity index (χ3n) is 3.16. The molecule has 0 aliphatic rings. The highest BCUT2D eigenvalue weighted by Crippen LogP contribution is 2.06. The lowest BCUT2D eigenvalue weighted by Gasteiger charge is -2.08. The van der Waals surface area contributed by atoms with Gasteiger partial charge in [0.05, 0.1) is 0 Å². The molecule has 4 nitrogen and oxygen atoms in total. The van der Waals surface area contributed by atoms with Crippen molar-refractivity contribution in [3.63, 3.8) is 0 Å². The quantitative estimate of drug-likeness (QED) is 0.905. The maximum atomic E-state index is 11.9. The highest BCUT2D eigenvalue weighted by Gasteiger charge is 2.11. The highest BCUT2D eigenvalue weighted by atomic mass is 16.2. The number of imide groups is 1. The van der Waals surface area contributed by atoms with E-state index in [0.717, 1.165) is 17.5 Å². The van der Waals surface area contributed by atoms with Crippen LogP contribution in [0.3, 0.4) is 0 Å². The van der Waals surface area contributed by atoms with Crippen LogP contribution in [0.15, 0.2) is 54.6 Å². The van der Waals surface area contributed by atoms with Crippen molar-refractivity contribution in [1.82, 2.24) is 10.6 Å². The molecule has 0 aliphatic heterocycles. The van der Waals surface area contributed by atoms with Crippen molar-refractivity contribution in [3.05, 3.63) is 71.3 Å². The van der Waals surface area contributed by atoms with Gasteiger partial charge in [-0.2, -0.15) is 0 Å². The molecule has 0 fully saturated rings. The Balaban J connectivity index is 1.80. The molecule has 108 valence electrons. The zero-order chi connectivity index (χ0) is 15.1. The zero-order valence-corrected chi connectivity index (χ0v) is 11.9. The van der Waals surface area contributed by atoms with Gasteiger partial charge in [-0.15, -0.1) is 0 Å². The van der Waals surface area contributed by atoms with E-state index in [1.807, 2.05) is 49.4 Å². The van der Waals surface area contributed by atoms with Gasteiger partial charge in [0.1, 0.15) is 0 Å². The number of hydrogen-bond donors (Lipinski definition) is 2. The van der Waals surface area contributed by atoms with Crippen molar-refractivity contribution in [2.75, 3.05) is 6.54 Å². The molecule has 0 unspecified atom stereocenters. The number of hydrogen-bond acceptors (Lipinski definition) is 2. The summed E-state index contributed by atoms with van der Waals surface area (Å²) in [7, 11) is 0. The summed E-state index contributed by atoms with van der Waals surface area (Å²) < 4.78 is 0. The smallest absolute Gasteiger partial charge is 0.321 e. The van der Waals surface area contributed by atoms with Gasteiger partial charge in [0.15, 0.2) is 0 Å². The predicted molar refractivity (Wildman–Crippen MR) is 82.2 cm³/mol. The number of benzene rings is 2. The molecule has 2 aromatic rings. The van der Waals surface area contributed by atoms with Crippen molar-refractivity contribution >= 4 is 11.9 Å². The average molecular weight is 282 g/mol. The van der Waals surface area contributed by atoms with Gasteiger partial charge < -0.3 is 5.32 Å². The van der Waals surface area contributed by atoms with Crippen LogP contribution < -0.4 is 10.6 Å². The van der Waals surface area contributed by atoms with Crippen LogP contribution in [0.4, 0.5) is 4.79 Å². The molecule has 0 heterocycles. The Morgan fingerprint density at radius 3 is 2.33 bits per heavy atom. The van der Waals surface area contributed by atoms with Gasteiger partial charge in [-0.05, 0) is 30.5 Å². The minimum atomic E-state index is -0.473. The SMILES string of the molecule is Cc1ccccc1C(=O)NC(=O)NCCc1ccccc1. The minimum absolute atomic E-state index is 0.384. The number of urea groups is 1. The van der Waals surface area contributed by atoms with Crippen LogP contribution in [-0.4, -0.2) is 18.5 Å². The number of carbonyl (C=O) groups is 2. The van der Waals surface area contributed by atoms with Crippen LogP contribution in [0.2, 0.25) is 0 Å². The molecule has 4 heteroatoms. The second-order valence-electron chi connectivity index (χ2n) is 4.76. The van der Waals surface area contributed by atoms with Gasteiger partial charge in [0, 0.05) is 12.1 Å². The molecule has 2 rings (SSSR count). The lowest BCUT2D eigenvalue weighted by molar-refractivity contribution is 0.0963. The molecule has 0 bridgehead atoms. The van der Waals surface area contributed by atoms with Crippen molar-refractivity contribution in [3.8, 4) is 0 Å². The van der Waals surface area contributed by atoms with Crippen molar-refractivity contribution in [1.29, 1.82) is 0 Å². The van der Waals surface area contributed by atoms with E-state index in [4.69, 9.17) is 0 Å². The van der Waals surface area contributed by atoms with Gasteiger partial charge in [0.25, 0.3) is 5.91 Å². The first-order valence-corrected chi connectivity index (χ1v) is 6.85. The molecule has 21 heavy (non-hydrogen) atoms. The van der Waals surface area contributed by atoms with E-state index in [0.29, 0.717) is 12.1 Å². The van der Waals surface area contributed by atoms with E-state index in [-0.39, 0.29) is 5.91 Å². The second-order valence-corrected chi connectivity index (χ2v) is 4.76. The predicted octanol–water partition coefficient (Wildman–Crippen LogP) is 2.68. The molecule has 0 atom stereocenters. The van der Waals surface area contributed by atoms with E-state index in [1.165, 1.54) is 0 Å². The van der Waals surface area contributed by atoms with E-state index in [2.05, 4.69) is 10.6 Å². The summed E-state index contributed by atoms with van der Waals surface area (Å²) in [5, 5.41) is 5.01. The van der Waals surface area contributed by atoms with E-state index in [9.17, 15) is 9.59 Å². The third kappa shape index (κ3) is 4.45. The molecule has 0 aromatic heterocycles. The molecule has 0 saturated heterocycles. The molecule has 0 spiro atoms. The van der Waals surface area contributed by atoms with Crippen LogP contribution in [0.1, 0.15) is 21.5 Å².